The first-order valence-electron chi connectivity index (χ1n) is 10.2. The van der Waals surface area contributed by atoms with Crippen LogP contribution in [-0.2, 0) is 16.0 Å². The molecular weight excluding hydrogens is 412 g/mol. The normalized spacial score (nSPS) is 16.4. The van der Waals surface area contributed by atoms with Crippen LogP contribution in [-0.4, -0.2) is 40.9 Å². The Morgan fingerprint density at radius 2 is 1.94 bits per heavy atom. The zero-order chi connectivity index (χ0) is 23.5. The standard InChI is InChI=1S/C23H28N4O5/c1-13(25-22(30)32-23(2,3)4)19-26-27-20(31-19)16-9-15(10-17(11-16)21(28)29)18-8-6-5-7-14(18)12-24/h5-11,13,19,26H,12,24H2,1-4H3,(H,25,30)(H,28,29). The summed E-state index contributed by atoms with van der Waals surface area (Å²) in [5, 5.41) is 16.5. The molecule has 170 valence electrons. The topological polar surface area (TPSA) is 135 Å². The summed E-state index contributed by atoms with van der Waals surface area (Å²) < 4.78 is 11.1. The van der Waals surface area contributed by atoms with Gasteiger partial charge in [-0.3, -0.25) is 5.43 Å². The van der Waals surface area contributed by atoms with Crippen molar-refractivity contribution in [3.05, 3.63) is 59.2 Å². The van der Waals surface area contributed by atoms with E-state index in [0.717, 1.165) is 11.1 Å². The van der Waals surface area contributed by atoms with Crippen molar-refractivity contribution < 1.29 is 24.2 Å². The molecule has 2 aromatic carbocycles. The maximum atomic E-state index is 12.0. The summed E-state index contributed by atoms with van der Waals surface area (Å²) in [6.07, 6.45) is -1.22. The maximum absolute atomic E-state index is 12.0. The second-order valence-electron chi connectivity index (χ2n) is 8.48. The third-order valence-corrected chi connectivity index (χ3v) is 4.71. The van der Waals surface area contributed by atoms with Crippen molar-refractivity contribution in [1.82, 2.24) is 10.7 Å². The summed E-state index contributed by atoms with van der Waals surface area (Å²) in [6.45, 7) is 7.39. The number of rotatable bonds is 6. The van der Waals surface area contributed by atoms with Crippen LogP contribution in [0.15, 0.2) is 47.6 Å². The Kier molecular flexibility index (Phi) is 6.69. The van der Waals surface area contributed by atoms with Crippen LogP contribution in [0.4, 0.5) is 4.79 Å². The number of carboxylic acid groups (broad SMARTS) is 1. The zero-order valence-corrected chi connectivity index (χ0v) is 18.5. The fourth-order valence-corrected chi connectivity index (χ4v) is 3.22. The minimum Gasteiger partial charge on any atom is -0.478 e. The molecule has 0 saturated heterocycles. The molecule has 9 nitrogen and oxygen atoms in total. The molecule has 1 aliphatic heterocycles. The lowest BCUT2D eigenvalue weighted by atomic mass is 9.96. The highest BCUT2D eigenvalue weighted by Gasteiger charge is 2.29. The molecule has 0 aromatic heterocycles. The summed E-state index contributed by atoms with van der Waals surface area (Å²) in [6, 6.07) is 11.9. The highest BCUT2D eigenvalue weighted by molar-refractivity contribution is 6.00. The molecule has 0 radical (unpaired) electrons. The number of nitrogens with zero attached hydrogens (tertiary/aromatic N) is 1. The number of aromatic carboxylic acids is 1. The van der Waals surface area contributed by atoms with Gasteiger partial charge in [0.25, 0.3) is 0 Å². The van der Waals surface area contributed by atoms with E-state index in [-0.39, 0.29) is 11.5 Å². The number of hydrazone groups is 1. The number of amides is 1. The summed E-state index contributed by atoms with van der Waals surface area (Å²) in [5.74, 6) is -0.844. The van der Waals surface area contributed by atoms with Gasteiger partial charge in [0.05, 0.1) is 11.6 Å². The molecule has 2 atom stereocenters. The smallest absolute Gasteiger partial charge is 0.408 e. The van der Waals surface area contributed by atoms with Gasteiger partial charge in [0, 0.05) is 12.1 Å². The maximum Gasteiger partial charge on any atom is 0.408 e. The van der Waals surface area contributed by atoms with Crippen molar-refractivity contribution in [3.8, 4) is 11.1 Å². The summed E-state index contributed by atoms with van der Waals surface area (Å²) in [5.41, 5.74) is 11.1. The zero-order valence-electron chi connectivity index (χ0n) is 18.5. The number of carbonyl (C=O) groups is 2. The number of benzene rings is 2. The van der Waals surface area contributed by atoms with Gasteiger partial charge in [0.2, 0.25) is 12.1 Å². The Hall–Kier alpha value is -3.59. The molecule has 0 aliphatic carbocycles. The molecule has 3 rings (SSSR count). The molecule has 1 amide bonds. The van der Waals surface area contributed by atoms with E-state index in [1.165, 1.54) is 6.07 Å². The van der Waals surface area contributed by atoms with Gasteiger partial charge < -0.3 is 25.6 Å². The lowest BCUT2D eigenvalue weighted by Gasteiger charge is -2.24. The van der Waals surface area contributed by atoms with Crippen LogP contribution in [0.1, 0.15) is 49.2 Å². The number of nitrogens with one attached hydrogen (secondary N) is 2. The van der Waals surface area contributed by atoms with Crippen molar-refractivity contribution in [2.75, 3.05) is 0 Å². The van der Waals surface area contributed by atoms with Gasteiger partial charge >= 0.3 is 12.1 Å². The quantitative estimate of drug-likeness (QED) is 0.542. The number of hydrogen-bond donors (Lipinski definition) is 4. The third-order valence-electron chi connectivity index (χ3n) is 4.71. The van der Waals surface area contributed by atoms with Crippen LogP contribution >= 0.6 is 0 Å². The second kappa shape index (κ2) is 9.27. The molecule has 0 saturated carbocycles. The lowest BCUT2D eigenvalue weighted by molar-refractivity contribution is 0.0443. The average molecular weight is 441 g/mol. The number of hydrogen-bond acceptors (Lipinski definition) is 7. The van der Waals surface area contributed by atoms with Gasteiger partial charge in [0.15, 0.2) is 0 Å². The van der Waals surface area contributed by atoms with E-state index in [4.69, 9.17) is 15.2 Å². The van der Waals surface area contributed by atoms with Crippen molar-refractivity contribution in [2.45, 2.75) is 52.1 Å². The van der Waals surface area contributed by atoms with E-state index in [1.807, 2.05) is 24.3 Å². The first-order valence-corrected chi connectivity index (χ1v) is 10.2. The summed E-state index contributed by atoms with van der Waals surface area (Å²) >= 11 is 0. The third kappa shape index (κ3) is 5.55. The van der Waals surface area contributed by atoms with E-state index in [1.54, 1.807) is 39.8 Å². The number of carbonyl (C=O) groups excluding carboxylic acids is 1. The first kappa shape index (κ1) is 23.1. The molecule has 2 aromatic rings. The Labute approximate surface area is 186 Å². The molecule has 5 N–H and O–H groups in total. The van der Waals surface area contributed by atoms with Crippen LogP contribution in [0.2, 0.25) is 0 Å². The van der Waals surface area contributed by atoms with E-state index in [9.17, 15) is 14.7 Å². The highest BCUT2D eigenvalue weighted by Crippen LogP contribution is 2.27. The number of carboxylic acids is 1. The Morgan fingerprint density at radius 3 is 2.59 bits per heavy atom. The predicted octanol–water partition coefficient (Wildman–Crippen LogP) is 3.03. The Balaban J connectivity index is 1.82. The molecule has 0 bridgehead atoms. The van der Waals surface area contributed by atoms with Crippen molar-refractivity contribution in [3.63, 3.8) is 0 Å². The monoisotopic (exact) mass is 440 g/mol. The Bertz CT molecular complexity index is 1040. The van der Waals surface area contributed by atoms with Gasteiger partial charge in [-0.1, -0.05) is 24.3 Å². The molecule has 32 heavy (non-hydrogen) atoms. The van der Waals surface area contributed by atoms with E-state index < -0.39 is 29.9 Å². The summed E-state index contributed by atoms with van der Waals surface area (Å²) in [7, 11) is 0. The molecule has 0 fully saturated rings. The SMILES string of the molecule is CC(NC(=O)OC(C)(C)C)C1NN=C(c2cc(C(=O)O)cc(-c3ccccc3CN)c2)O1. The molecular formula is C23H28N4O5. The minimum absolute atomic E-state index is 0.0963. The number of ether oxygens (including phenoxy) is 2. The summed E-state index contributed by atoms with van der Waals surface area (Å²) in [4.78, 5) is 23.8. The van der Waals surface area contributed by atoms with E-state index in [2.05, 4.69) is 15.8 Å². The van der Waals surface area contributed by atoms with E-state index >= 15 is 0 Å². The van der Waals surface area contributed by atoms with Gasteiger partial charge in [-0.15, -0.1) is 5.10 Å². The van der Waals surface area contributed by atoms with Gasteiger partial charge in [0.1, 0.15) is 5.60 Å². The molecule has 2 unspecified atom stereocenters. The van der Waals surface area contributed by atoms with Crippen LogP contribution in [0.3, 0.4) is 0 Å². The van der Waals surface area contributed by atoms with Crippen LogP contribution in [0.5, 0.6) is 0 Å². The predicted molar refractivity (Wildman–Crippen MR) is 120 cm³/mol. The first-order chi connectivity index (χ1) is 15.1. The van der Waals surface area contributed by atoms with Crippen molar-refractivity contribution >= 4 is 18.0 Å². The molecule has 1 heterocycles. The highest BCUT2D eigenvalue weighted by atomic mass is 16.6. The van der Waals surface area contributed by atoms with Gasteiger partial charge in [-0.2, -0.15) is 0 Å². The molecule has 9 heteroatoms. The fourth-order valence-electron chi connectivity index (χ4n) is 3.22. The average Bonchev–Trinajstić information content (AvgIpc) is 3.22. The van der Waals surface area contributed by atoms with Gasteiger partial charge in [-0.25, -0.2) is 9.59 Å². The molecule has 1 aliphatic rings. The van der Waals surface area contributed by atoms with Crippen molar-refractivity contribution in [1.29, 1.82) is 0 Å². The largest absolute Gasteiger partial charge is 0.478 e. The van der Waals surface area contributed by atoms with E-state index in [0.29, 0.717) is 17.7 Å². The minimum atomic E-state index is -1.07. The number of alkyl carbamates (subject to hydrolysis) is 1. The van der Waals surface area contributed by atoms with Gasteiger partial charge in [-0.05, 0) is 62.6 Å². The lowest BCUT2D eigenvalue weighted by Crippen LogP contribution is -2.47. The Morgan fingerprint density at radius 1 is 1.25 bits per heavy atom. The van der Waals surface area contributed by atoms with Crippen LogP contribution in [0, 0.1) is 0 Å². The fraction of sp³-hybridized carbons (Fsp3) is 0.348. The molecule has 0 spiro atoms. The van der Waals surface area contributed by atoms with Crippen molar-refractivity contribution in [2.24, 2.45) is 10.8 Å². The van der Waals surface area contributed by atoms with Crippen LogP contribution in [0.25, 0.3) is 11.1 Å². The van der Waals surface area contributed by atoms with Crippen LogP contribution < -0.4 is 16.5 Å². The number of nitrogens with two attached hydrogens (primary N) is 1. The second-order valence-corrected chi connectivity index (χ2v) is 8.48.